The molecule has 0 atom stereocenters. The maximum absolute atomic E-state index is 12.0. The molecule has 2 N–H and O–H groups in total. The van der Waals surface area contributed by atoms with Crippen LogP contribution in [0.3, 0.4) is 0 Å². The summed E-state index contributed by atoms with van der Waals surface area (Å²) in [6.45, 7) is 0.0838. The van der Waals surface area contributed by atoms with Gasteiger partial charge in [-0.05, 0) is 29.8 Å². The molecule has 27 heavy (non-hydrogen) atoms. The molecule has 8 nitrogen and oxygen atoms in total. The first-order valence-electron chi connectivity index (χ1n) is 7.99. The summed E-state index contributed by atoms with van der Waals surface area (Å²) in [6.07, 6.45) is 0. The van der Waals surface area contributed by atoms with Crippen molar-refractivity contribution in [2.75, 3.05) is 26.5 Å². The molecule has 0 fully saturated rings. The SMILES string of the molecule is COc1ccccc1NC(=O)C(=O)NCc1ccc(S(=O)(=O)N(C)C)cc1. The lowest BCUT2D eigenvalue weighted by atomic mass is 10.2. The van der Waals surface area contributed by atoms with Gasteiger partial charge in [0, 0.05) is 20.6 Å². The Bertz CT molecular complexity index is 924. The van der Waals surface area contributed by atoms with Crippen LogP contribution in [0.5, 0.6) is 5.75 Å². The molecule has 0 saturated carbocycles. The van der Waals surface area contributed by atoms with E-state index in [0.29, 0.717) is 17.0 Å². The molecular formula is C18H21N3O5S. The third-order valence-corrected chi connectivity index (χ3v) is 5.55. The van der Waals surface area contributed by atoms with E-state index < -0.39 is 21.8 Å². The van der Waals surface area contributed by atoms with Gasteiger partial charge in [0.2, 0.25) is 10.0 Å². The number of ether oxygens (including phenoxy) is 1. The normalized spacial score (nSPS) is 11.1. The van der Waals surface area contributed by atoms with Crippen LogP contribution in [-0.4, -0.2) is 45.7 Å². The fraction of sp³-hybridized carbons (Fsp3) is 0.222. The Kier molecular flexibility index (Phi) is 6.54. The summed E-state index contributed by atoms with van der Waals surface area (Å²) in [6, 6.07) is 12.8. The molecule has 0 saturated heterocycles. The third kappa shape index (κ3) is 5.05. The summed E-state index contributed by atoms with van der Waals surface area (Å²) in [5.74, 6) is -1.20. The van der Waals surface area contributed by atoms with Gasteiger partial charge >= 0.3 is 11.8 Å². The van der Waals surface area contributed by atoms with Gasteiger partial charge in [0.05, 0.1) is 17.7 Å². The monoisotopic (exact) mass is 391 g/mol. The molecule has 0 radical (unpaired) electrons. The second-order valence-electron chi connectivity index (χ2n) is 5.77. The first-order valence-corrected chi connectivity index (χ1v) is 9.43. The summed E-state index contributed by atoms with van der Waals surface area (Å²) in [4.78, 5) is 24.1. The lowest BCUT2D eigenvalue weighted by Crippen LogP contribution is -2.35. The van der Waals surface area contributed by atoms with Crippen LogP contribution in [0.25, 0.3) is 0 Å². The zero-order chi connectivity index (χ0) is 20.0. The summed E-state index contributed by atoms with van der Waals surface area (Å²) in [5, 5.41) is 4.96. The van der Waals surface area contributed by atoms with Crippen molar-refractivity contribution in [2.24, 2.45) is 0 Å². The average Bonchev–Trinajstić information content (AvgIpc) is 2.66. The number of carbonyl (C=O) groups is 2. The molecule has 2 amide bonds. The van der Waals surface area contributed by atoms with Crippen molar-refractivity contribution < 1.29 is 22.7 Å². The first kappa shape index (κ1) is 20.4. The minimum absolute atomic E-state index is 0.0838. The highest BCUT2D eigenvalue weighted by atomic mass is 32.2. The molecule has 2 rings (SSSR count). The van der Waals surface area contributed by atoms with Gasteiger partial charge in [0.1, 0.15) is 5.75 Å². The molecule has 2 aromatic rings. The number of nitrogens with one attached hydrogen (secondary N) is 2. The van der Waals surface area contributed by atoms with Gasteiger partial charge in [-0.2, -0.15) is 0 Å². The number of methoxy groups -OCH3 is 1. The van der Waals surface area contributed by atoms with E-state index in [1.165, 1.54) is 33.3 Å². The van der Waals surface area contributed by atoms with Crippen LogP contribution in [0.2, 0.25) is 0 Å². The minimum Gasteiger partial charge on any atom is -0.495 e. The topological polar surface area (TPSA) is 105 Å². The largest absolute Gasteiger partial charge is 0.495 e. The third-order valence-electron chi connectivity index (χ3n) is 3.72. The van der Waals surface area contributed by atoms with E-state index in [2.05, 4.69) is 10.6 Å². The molecule has 2 aromatic carbocycles. The maximum atomic E-state index is 12.0. The number of rotatable bonds is 6. The van der Waals surface area contributed by atoms with Gasteiger partial charge < -0.3 is 15.4 Å². The standard InChI is InChI=1S/C18H21N3O5S/c1-21(2)27(24,25)14-10-8-13(9-11-14)12-19-17(22)18(23)20-15-6-4-5-7-16(15)26-3/h4-11H,12H2,1-3H3,(H,19,22)(H,20,23). The molecule has 0 aliphatic heterocycles. The number of nitrogens with zero attached hydrogens (tertiary/aromatic N) is 1. The lowest BCUT2D eigenvalue weighted by molar-refractivity contribution is -0.136. The summed E-state index contributed by atoms with van der Waals surface area (Å²) >= 11 is 0. The van der Waals surface area contributed by atoms with E-state index in [1.807, 2.05) is 0 Å². The lowest BCUT2D eigenvalue weighted by Gasteiger charge is -2.12. The predicted molar refractivity (Wildman–Crippen MR) is 101 cm³/mol. The van der Waals surface area contributed by atoms with Crippen LogP contribution in [0.1, 0.15) is 5.56 Å². The zero-order valence-corrected chi connectivity index (χ0v) is 16.0. The quantitative estimate of drug-likeness (QED) is 0.720. The molecule has 0 aromatic heterocycles. The maximum Gasteiger partial charge on any atom is 0.313 e. The number of hydrogen-bond acceptors (Lipinski definition) is 5. The van der Waals surface area contributed by atoms with E-state index in [9.17, 15) is 18.0 Å². The van der Waals surface area contributed by atoms with Crippen LogP contribution >= 0.6 is 0 Å². The van der Waals surface area contributed by atoms with Gasteiger partial charge in [-0.3, -0.25) is 9.59 Å². The van der Waals surface area contributed by atoms with E-state index in [1.54, 1.807) is 36.4 Å². The molecule has 0 bridgehead atoms. The van der Waals surface area contributed by atoms with Crippen LogP contribution in [0, 0.1) is 0 Å². The van der Waals surface area contributed by atoms with Crippen molar-refractivity contribution in [3.8, 4) is 5.75 Å². The van der Waals surface area contributed by atoms with E-state index in [-0.39, 0.29) is 11.4 Å². The fourth-order valence-corrected chi connectivity index (χ4v) is 3.08. The Morgan fingerprint density at radius 1 is 1.00 bits per heavy atom. The molecular weight excluding hydrogens is 370 g/mol. The predicted octanol–water partition coefficient (Wildman–Crippen LogP) is 1.20. The van der Waals surface area contributed by atoms with Crippen molar-refractivity contribution in [3.63, 3.8) is 0 Å². The molecule has 0 unspecified atom stereocenters. The molecule has 0 heterocycles. The van der Waals surface area contributed by atoms with E-state index >= 15 is 0 Å². The minimum atomic E-state index is -3.51. The Hall–Kier alpha value is -2.91. The van der Waals surface area contributed by atoms with Crippen molar-refractivity contribution in [1.29, 1.82) is 0 Å². The van der Waals surface area contributed by atoms with E-state index in [0.717, 1.165) is 4.31 Å². The van der Waals surface area contributed by atoms with Crippen LogP contribution in [0.4, 0.5) is 5.69 Å². The number of amides is 2. The van der Waals surface area contributed by atoms with Crippen LogP contribution < -0.4 is 15.4 Å². The summed E-state index contributed by atoms with van der Waals surface area (Å²) in [5.41, 5.74) is 1.05. The van der Waals surface area contributed by atoms with Gasteiger partial charge in [0.15, 0.2) is 0 Å². The van der Waals surface area contributed by atoms with Crippen LogP contribution in [0.15, 0.2) is 53.4 Å². The number of benzene rings is 2. The first-order chi connectivity index (χ1) is 12.8. The number of sulfonamides is 1. The Morgan fingerprint density at radius 2 is 1.63 bits per heavy atom. The van der Waals surface area contributed by atoms with Crippen molar-refractivity contribution >= 4 is 27.5 Å². The number of anilines is 1. The molecule has 9 heteroatoms. The summed E-state index contributed by atoms with van der Waals surface area (Å²) in [7, 11) is 0.850. The Labute approximate surface area is 158 Å². The molecule has 0 aliphatic carbocycles. The smallest absolute Gasteiger partial charge is 0.313 e. The highest BCUT2D eigenvalue weighted by molar-refractivity contribution is 7.89. The second-order valence-corrected chi connectivity index (χ2v) is 7.92. The number of carbonyl (C=O) groups excluding carboxylic acids is 2. The highest BCUT2D eigenvalue weighted by Crippen LogP contribution is 2.22. The van der Waals surface area contributed by atoms with Gasteiger partial charge in [-0.1, -0.05) is 24.3 Å². The van der Waals surface area contributed by atoms with E-state index in [4.69, 9.17) is 4.74 Å². The van der Waals surface area contributed by atoms with Gasteiger partial charge in [-0.15, -0.1) is 0 Å². The van der Waals surface area contributed by atoms with Crippen molar-refractivity contribution in [1.82, 2.24) is 9.62 Å². The Morgan fingerprint density at radius 3 is 2.22 bits per heavy atom. The molecule has 0 spiro atoms. The van der Waals surface area contributed by atoms with Crippen molar-refractivity contribution in [3.05, 3.63) is 54.1 Å². The highest BCUT2D eigenvalue weighted by Gasteiger charge is 2.17. The summed E-state index contributed by atoms with van der Waals surface area (Å²) < 4.78 is 30.3. The Balaban J connectivity index is 1.96. The number of hydrogen-bond donors (Lipinski definition) is 2. The van der Waals surface area contributed by atoms with Crippen LogP contribution in [-0.2, 0) is 26.2 Å². The molecule has 0 aliphatic rings. The molecule has 144 valence electrons. The van der Waals surface area contributed by atoms with Gasteiger partial charge in [-0.25, -0.2) is 12.7 Å². The average molecular weight is 391 g/mol. The van der Waals surface area contributed by atoms with Gasteiger partial charge in [0.25, 0.3) is 0 Å². The zero-order valence-electron chi connectivity index (χ0n) is 15.2. The fourth-order valence-electron chi connectivity index (χ4n) is 2.18. The van der Waals surface area contributed by atoms with Crippen molar-refractivity contribution in [2.45, 2.75) is 11.4 Å². The number of para-hydroxylation sites is 2. The second kappa shape index (κ2) is 8.65.